The monoisotopic (exact) mass is 221 g/mol. The van der Waals surface area contributed by atoms with E-state index in [0.717, 1.165) is 5.56 Å². The van der Waals surface area contributed by atoms with Crippen LogP contribution >= 0.6 is 11.3 Å². The minimum atomic E-state index is 0.0130. The van der Waals surface area contributed by atoms with Crippen molar-refractivity contribution in [3.05, 3.63) is 34.2 Å². The summed E-state index contributed by atoms with van der Waals surface area (Å²) in [7, 11) is 1.72. The van der Waals surface area contributed by atoms with E-state index in [1.54, 1.807) is 18.4 Å². The second-order valence-electron chi connectivity index (χ2n) is 3.30. The number of hydrogen-bond acceptors (Lipinski definition) is 4. The molecule has 0 bridgehead atoms. The van der Waals surface area contributed by atoms with Crippen LogP contribution in [-0.4, -0.2) is 15.6 Å². The number of nitrogens with two attached hydrogens (primary N) is 1. The predicted molar refractivity (Wildman–Crippen MR) is 60.0 cm³/mol. The van der Waals surface area contributed by atoms with Crippen molar-refractivity contribution in [3.8, 4) is 0 Å². The molecule has 15 heavy (non-hydrogen) atoms. The SMILES string of the molecule is Cn1ncc(C(=O)Cc2ccsc2)c1N. The second-order valence-corrected chi connectivity index (χ2v) is 4.08. The Morgan fingerprint density at radius 2 is 2.47 bits per heavy atom. The summed E-state index contributed by atoms with van der Waals surface area (Å²) in [5.41, 5.74) is 7.24. The highest BCUT2D eigenvalue weighted by atomic mass is 32.1. The van der Waals surface area contributed by atoms with Gasteiger partial charge in [0.25, 0.3) is 0 Å². The quantitative estimate of drug-likeness (QED) is 0.799. The third kappa shape index (κ3) is 1.92. The van der Waals surface area contributed by atoms with Crippen molar-refractivity contribution >= 4 is 22.9 Å². The van der Waals surface area contributed by atoms with E-state index in [2.05, 4.69) is 5.10 Å². The molecule has 0 aromatic carbocycles. The Kier molecular flexibility index (Phi) is 2.55. The van der Waals surface area contributed by atoms with Crippen molar-refractivity contribution < 1.29 is 4.79 Å². The van der Waals surface area contributed by atoms with Gasteiger partial charge >= 0.3 is 0 Å². The van der Waals surface area contributed by atoms with E-state index in [0.29, 0.717) is 17.8 Å². The smallest absolute Gasteiger partial charge is 0.172 e. The number of carbonyl (C=O) groups excluding carboxylic acids is 1. The first-order valence-electron chi connectivity index (χ1n) is 4.50. The van der Waals surface area contributed by atoms with Crippen LogP contribution in [0.15, 0.2) is 23.0 Å². The van der Waals surface area contributed by atoms with Crippen LogP contribution in [0.2, 0.25) is 0 Å². The molecule has 0 unspecified atom stereocenters. The standard InChI is InChI=1S/C10H11N3OS/c1-13-10(11)8(5-12-13)9(14)4-7-2-3-15-6-7/h2-3,5-6H,4,11H2,1H3. The van der Waals surface area contributed by atoms with E-state index in [-0.39, 0.29) is 5.78 Å². The van der Waals surface area contributed by atoms with Gasteiger partial charge in [0.15, 0.2) is 5.78 Å². The lowest BCUT2D eigenvalue weighted by molar-refractivity contribution is 0.0994. The molecule has 2 rings (SSSR count). The highest BCUT2D eigenvalue weighted by molar-refractivity contribution is 7.08. The number of aryl methyl sites for hydroxylation is 1. The first-order valence-corrected chi connectivity index (χ1v) is 5.44. The summed E-state index contributed by atoms with van der Waals surface area (Å²) in [5.74, 6) is 0.439. The number of anilines is 1. The van der Waals surface area contributed by atoms with Crippen LogP contribution in [0.1, 0.15) is 15.9 Å². The minimum Gasteiger partial charge on any atom is -0.383 e. The van der Waals surface area contributed by atoms with Crippen LogP contribution in [0.4, 0.5) is 5.82 Å². The number of nitrogens with zero attached hydrogens (tertiary/aromatic N) is 2. The molecule has 5 heteroatoms. The zero-order valence-electron chi connectivity index (χ0n) is 8.30. The van der Waals surface area contributed by atoms with E-state index in [1.807, 2.05) is 16.8 Å². The van der Waals surface area contributed by atoms with Crippen LogP contribution < -0.4 is 5.73 Å². The summed E-state index contributed by atoms with van der Waals surface area (Å²) in [6.45, 7) is 0. The fourth-order valence-electron chi connectivity index (χ4n) is 1.34. The molecule has 78 valence electrons. The molecule has 0 spiro atoms. The van der Waals surface area contributed by atoms with Gasteiger partial charge in [0.05, 0.1) is 11.8 Å². The lowest BCUT2D eigenvalue weighted by Gasteiger charge is -1.98. The van der Waals surface area contributed by atoms with E-state index in [1.165, 1.54) is 10.9 Å². The maximum absolute atomic E-state index is 11.8. The van der Waals surface area contributed by atoms with Crippen LogP contribution in [0, 0.1) is 0 Å². The van der Waals surface area contributed by atoms with Crippen molar-refractivity contribution in [1.82, 2.24) is 9.78 Å². The van der Waals surface area contributed by atoms with Gasteiger partial charge in [-0.15, -0.1) is 0 Å². The maximum Gasteiger partial charge on any atom is 0.172 e. The zero-order chi connectivity index (χ0) is 10.8. The summed E-state index contributed by atoms with van der Waals surface area (Å²) >= 11 is 1.58. The lowest BCUT2D eigenvalue weighted by atomic mass is 10.1. The van der Waals surface area contributed by atoms with Gasteiger partial charge in [-0.05, 0) is 22.4 Å². The first-order chi connectivity index (χ1) is 7.18. The van der Waals surface area contributed by atoms with Crippen LogP contribution in [0.5, 0.6) is 0 Å². The maximum atomic E-state index is 11.8. The Labute approximate surface area is 91.3 Å². The van der Waals surface area contributed by atoms with Crippen molar-refractivity contribution in [2.45, 2.75) is 6.42 Å². The average Bonchev–Trinajstić information content (AvgIpc) is 2.79. The molecule has 2 N–H and O–H groups in total. The first kappa shape index (κ1) is 9.92. The zero-order valence-corrected chi connectivity index (χ0v) is 9.12. The largest absolute Gasteiger partial charge is 0.383 e. The number of aromatic nitrogens is 2. The average molecular weight is 221 g/mol. The topological polar surface area (TPSA) is 60.9 Å². The van der Waals surface area contributed by atoms with Crippen LogP contribution in [0.3, 0.4) is 0 Å². The molecule has 2 aromatic rings. The van der Waals surface area contributed by atoms with Gasteiger partial charge in [-0.2, -0.15) is 16.4 Å². The summed E-state index contributed by atoms with van der Waals surface area (Å²) in [6.07, 6.45) is 1.91. The number of thiophene rings is 1. The van der Waals surface area contributed by atoms with E-state index < -0.39 is 0 Å². The Hall–Kier alpha value is -1.62. The number of Topliss-reactive ketones (excluding diaryl/α,β-unsaturated/α-hetero) is 1. The molecule has 0 fully saturated rings. The highest BCUT2D eigenvalue weighted by Gasteiger charge is 2.13. The molecule has 2 heterocycles. The van der Waals surface area contributed by atoms with Crippen molar-refractivity contribution in [1.29, 1.82) is 0 Å². The van der Waals surface area contributed by atoms with Crippen LogP contribution in [0.25, 0.3) is 0 Å². The van der Waals surface area contributed by atoms with Gasteiger partial charge in [0.1, 0.15) is 5.82 Å². The molecule has 2 aromatic heterocycles. The number of ketones is 1. The van der Waals surface area contributed by atoms with Crippen LogP contribution in [-0.2, 0) is 13.5 Å². The van der Waals surface area contributed by atoms with E-state index in [9.17, 15) is 4.79 Å². The summed E-state index contributed by atoms with van der Waals surface area (Å²) in [4.78, 5) is 11.8. The normalized spacial score (nSPS) is 10.5. The molecule has 0 saturated heterocycles. The molecule has 0 radical (unpaired) electrons. The van der Waals surface area contributed by atoms with Gasteiger partial charge in [-0.3, -0.25) is 9.48 Å². The molecule has 0 amide bonds. The van der Waals surface area contributed by atoms with Gasteiger partial charge in [-0.25, -0.2) is 0 Å². The van der Waals surface area contributed by atoms with Gasteiger partial charge < -0.3 is 5.73 Å². The van der Waals surface area contributed by atoms with Gasteiger partial charge in [-0.1, -0.05) is 0 Å². The third-order valence-electron chi connectivity index (χ3n) is 2.23. The van der Waals surface area contributed by atoms with E-state index >= 15 is 0 Å². The number of rotatable bonds is 3. The van der Waals surface area contributed by atoms with Crippen molar-refractivity contribution in [3.63, 3.8) is 0 Å². The van der Waals surface area contributed by atoms with Crippen molar-refractivity contribution in [2.75, 3.05) is 5.73 Å². The van der Waals surface area contributed by atoms with Crippen molar-refractivity contribution in [2.24, 2.45) is 7.05 Å². The Morgan fingerprint density at radius 3 is 3.00 bits per heavy atom. The summed E-state index contributed by atoms with van der Waals surface area (Å²) < 4.78 is 1.50. The Morgan fingerprint density at radius 1 is 1.67 bits per heavy atom. The summed E-state index contributed by atoms with van der Waals surface area (Å²) in [5, 5.41) is 7.86. The van der Waals surface area contributed by atoms with E-state index in [4.69, 9.17) is 5.73 Å². The molecule has 0 aliphatic heterocycles. The molecule has 0 saturated carbocycles. The Balaban J connectivity index is 2.19. The molecular formula is C10H11N3OS. The third-order valence-corrected chi connectivity index (χ3v) is 2.96. The molecular weight excluding hydrogens is 210 g/mol. The van der Waals surface area contributed by atoms with Gasteiger partial charge in [0, 0.05) is 13.5 Å². The summed E-state index contributed by atoms with van der Waals surface area (Å²) in [6, 6.07) is 1.94. The fraction of sp³-hybridized carbons (Fsp3) is 0.200. The molecule has 0 atom stereocenters. The highest BCUT2D eigenvalue weighted by Crippen LogP contribution is 2.14. The fourth-order valence-corrected chi connectivity index (χ4v) is 2.00. The molecule has 0 aliphatic rings. The number of nitrogen functional groups attached to an aromatic ring is 1. The minimum absolute atomic E-state index is 0.0130. The van der Waals surface area contributed by atoms with Gasteiger partial charge in [0.2, 0.25) is 0 Å². The molecule has 4 nitrogen and oxygen atoms in total. The second kappa shape index (κ2) is 3.86. The number of carbonyl (C=O) groups is 1. The number of hydrogen-bond donors (Lipinski definition) is 1. The Bertz CT molecular complexity index is 473. The molecule has 0 aliphatic carbocycles. The lowest BCUT2D eigenvalue weighted by Crippen LogP contribution is -2.06. The predicted octanol–water partition coefficient (Wildman–Crippen LogP) is 1.49.